The number of nitrogens with zero attached hydrogens (tertiary/aromatic N) is 1. The van der Waals surface area contributed by atoms with Crippen LogP contribution in [0.1, 0.15) is 28.8 Å². The molecule has 0 saturated heterocycles. The zero-order chi connectivity index (χ0) is 29.7. The molecule has 0 radical (unpaired) electrons. The molecule has 5 N–H and O–H groups in total. The molecule has 2 saturated carbocycles. The number of likely N-dealkylation sites (N-methyl/N-ethyl adjacent to an activating group) is 1. The van der Waals surface area contributed by atoms with E-state index in [-0.39, 0.29) is 16.9 Å². The van der Waals surface area contributed by atoms with Crippen molar-refractivity contribution >= 4 is 40.0 Å². The number of rotatable bonds is 3. The van der Waals surface area contributed by atoms with Crippen molar-refractivity contribution in [1.29, 1.82) is 0 Å². The topological polar surface area (TPSA) is 188 Å². The van der Waals surface area contributed by atoms with Gasteiger partial charge in [0.05, 0.1) is 35.1 Å². The number of amides is 1. The highest BCUT2D eigenvalue weighted by atomic mass is 16.3. The van der Waals surface area contributed by atoms with Crippen molar-refractivity contribution in [2.75, 3.05) is 14.1 Å². The number of furan rings is 1. The Morgan fingerprint density at radius 1 is 1.05 bits per heavy atom. The Morgan fingerprint density at radius 3 is 2.37 bits per heavy atom. The van der Waals surface area contributed by atoms with Gasteiger partial charge < -0.3 is 25.5 Å². The Labute approximate surface area is 233 Å². The van der Waals surface area contributed by atoms with Crippen molar-refractivity contribution < 1.29 is 43.7 Å². The van der Waals surface area contributed by atoms with Gasteiger partial charge in [-0.15, -0.1) is 0 Å². The molecule has 212 valence electrons. The second-order valence-electron chi connectivity index (χ2n) is 11.4. The van der Waals surface area contributed by atoms with Crippen molar-refractivity contribution in [3.05, 3.63) is 53.6 Å². The first-order valence-electron chi connectivity index (χ1n) is 13.2. The van der Waals surface area contributed by atoms with E-state index in [1.54, 1.807) is 37.3 Å². The number of primary amides is 1. The first kappa shape index (κ1) is 27.0. The zero-order valence-corrected chi connectivity index (χ0v) is 22.4. The number of benzene rings is 2. The summed E-state index contributed by atoms with van der Waals surface area (Å²) in [7, 11) is 2.89. The number of carbonyl (C=O) groups excluding carboxylic acids is 5. The number of Topliss-reactive ketones (excluding diaryl/α,β-unsaturated/α-hetero) is 4. The normalized spacial score (nSPS) is 33.1. The molecular formula is C30H28N2O9. The van der Waals surface area contributed by atoms with Crippen LogP contribution >= 0.6 is 0 Å². The first-order chi connectivity index (χ1) is 19.3. The van der Waals surface area contributed by atoms with Crippen molar-refractivity contribution in [2.24, 2.45) is 29.4 Å². The molecule has 2 fully saturated rings. The lowest BCUT2D eigenvalue weighted by Crippen LogP contribution is -2.77. The molecule has 1 amide bonds. The van der Waals surface area contributed by atoms with Gasteiger partial charge in [-0.1, -0.05) is 31.2 Å². The fraction of sp³-hybridized carbons (Fsp3) is 0.367. The van der Waals surface area contributed by atoms with Gasteiger partial charge in [0, 0.05) is 11.3 Å². The number of hydrogen-bond acceptors (Lipinski definition) is 10. The van der Waals surface area contributed by atoms with Gasteiger partial charge in [-0.2, -0.15) is 0 Å². The Balaban J connectivity index is 1.52. The smallest absolute Gasteiger partial charge is 0.235 e. The van der Waals surface area contributed by atoms with E-state index < -0.39 is 82.1 Å². The van der Waals surface area contributed by atoms with Crippen LogP contribution in [-0.4, -0.2) is 81.1 Å². The van der Waals surface area contributed by atoms with E-state index in [1.165, 1.54) is 19.0 Å². The summed E-state index contributed by atoms with van der Waals surface area (Å²) in [6.07, 6.45) is -1.68. The molecule has 11 nitrogen and oxygen atoms in total. The van der Waals surface area contributed by atoms with Crippen LogP contribution in [0.3, 0.4) is 0 Å². The van der Waals surface area contributed by atoms with Gasteiger partial charge in [0.25, 0.3) is 0 Å². The quantitative estimate of drug-likeness (QED) is 0.334. The van der Waals surface area contributed by atoms with Crippen LogP contribution in [0.5, 0.6) is 5.75 Å². The molecule has 11 heteroatoms. The van der Waals surface area contributed by atoms with E-state index in [4.69, 9.17) is 10.2 Å². The number of aromatic hydroxyl groups is 1. The maximum atomic E-state index is 14.1. The average molecular weight is 561 g/mol. The lowest BCUT2D eigenvalue weighted by Gasteiger charge is -2.56. The molecule has 3 aliphatic rings. The number of aliphatic hydroxyl groups is 2. The average Bonchev–Trinajstić information content (AvgIpc) is 3.34. The predicted molar refractivity (Wildman–Crippen MR) is 143 cm³/mol. The summed E-state index contributed by atoms with van der Waals surface area (Å²) < 4.78 is 5.87. The van der Waals surface area contributed by atoms with E-state index in [9.17, 15) is 39.3 Å². The summed E-state index contributed by atoms with van der Waals surface area (Å²) in [5.41, 5.74) is 3.23. The maximum absolute atomic E-state index is 14.1. The van der Waals surface area contributed by atoms with Gasteiger partial charge in [-0.3, -0.25) is 28.9 Å². The second-order valence-corrected chi connectivity index (χ2v) is 11.4. The first-order valence-corrected chi connectivity index (χ1v) is 13.2. The minimum Gasteiger partial charge on any atom is -0.506 e. The van der Waals surface area contributed by atoms with Crippen molar-refractivity contribution in [2.45, 2.75) is 30.6 Å². The monoisotopic (exact) mass is 560 g/mol. The Morgan fingerprint density at radius 2 is 1.73 bits per heavy atom. The number of carbonyl (C=O) groups is 5. The highest BCUT2D eigenvalue weighted by Gasteiger charge is 2.72. The fourth-order valence-corrected chi connectivity index (χ4v) is 7.30. The number of phenols is 1. The van der Waals surface area contributed by atoms with Crippen LogP contribution in [-0.2, 0) is 19.2 Å². The largest absolute Gasteiger partial charge is 0.506 e. The molecule has 0 spiro atoms. The van der Waals surface area contributed by atoms with Crippen LogP contribution in [0, 0.1) is 23.7 Å². The third-order valence-electron chi connectivity index (χ3n) is 9.18. The number of aliphatic hydroxyl groups excluding tert-OH is 1. The highest BCUT2D eigenvalue weighted by Crippen LogP contribution is 2.55. The molecule has 0 aliphatic heterocycles. The molecule has 2 unspecified atom stereocenters. The minimum atomic E-state index is -3.04. The lowest BCUT2D eigenvalue weighted by molar-refractivity contribution is -0.196. The molecule has 1 aromatic heterocycles. The number of nitrogens with two attached hydrogens (primary N) is 1. The second kappa shape index (κ2) is 8.90. The fourth-order valence-electron chi connectivity index (χ4n) is 7.30. The summed E-state index contributed by atoms with van der Waals surface area (Å²) in [5.74, 6) is -13.4. The van der Waals surface area contributed by atoms with Crippen molar-refractivity contribution in [3.8, 4) is 17.1 Å². The van der Waals surface area contributed by atoms with Crippen LogP contribution in [0.4, 0.5) is 0 Å². The van der Waals surface area contributed by atoms with Gasteiger partial charge in [0.1, 0.15) is 17.1 Å². The van der Waals surface area contributed by atoms with Crippen molar-refractivity contribution in [1.82, 2.24) is 4.90 Å². The molecule has 41 heavy (non-hydrogen) atoms. The molecule has 3 aromatic rings. The number of fused-ring (bicyclic) bond motifs is 4. The minimum absolute atomic E-state index is 0.186. The van der Waals surface area contributed by atoms with Crippen LogP contribution in [0.15, 0.2) is 46.9 Å². The number of hydrogen-bond donors (Lipinski definition) is 4. The van der Waals surface area contributed by atoms with Crippen LogP contribution < -0.4 is 5.73 Å². The standard InChI is InChI=1S/C30H28N2O9/c1-11-13-8-9-14(16-10-12-6-4-5-7-15(12)41-16)23(33)18(13)24(34)19-17(11)25(35)21-22(32(2)3)26(36)20(29(31)39)28(38)30(21,40)27(19)37/h4-11,17,19-22,25,33,35,40H,1-3H3,(H2,31,39)/t11-,17+,19?,20?,21+,22-,25-,30-/m0/s1. The molecule has 2 aromatic carbocycles. The Bertz CT molecular complexity index is 1660. The van der Waals surface area contributed by atoms with E-state index >= 15 is 0 Å². The van der Waals surface area contributed by atoms with Gasteiger partial charge in [-0.05, 0) is 43.8 Å². The number of phenolic OH excluding ortho intramolecular Hbond substituents is 1. The van der Waals surface area contributed by atoms with Crippen LogP contribution in [0.25, 0.3) is 22.3 Å². The predicted octanol–water partition coefficient (Wildman–Crippen LogP) is 0.812. The number of para-hydroxylation sites is 1. The Kier molecular flexibility index (Phi) is 5.86. The molecule has 8 atom stereocenters. The number of ketones is 4. The summed E-state index contributed by atoms with van der Waals surface area (Å²) in [6.45, 7) is 1.66. The van der Waals surface area contributed by atoms with E-state index in [0.717, 1.165) is 5.39 Å². The van der Waals surface area contributed by atoms with E-state index in [2.05, 4.69) is 0 Å². The Hall–Kier alpha value is -4.19. The van der Waals surface area contributed by atoms with Gasteiger partial charge in [0.2, 0.25) is 5.91 Å². The summed E-state index contributed by atoms with van der Waals surface area (Å²) >= 11 is 0. The molecule has 6 rings (SSSR count). The SMILES string of the molecule is C[C@H]1c2ccc(-c3cc4ccccc4o3)c(O)c2C(=O)C2C(=O)[C@]3(O)C(=O)C(C(N)=O)C(=O)[C@@H](N(C)C)[C@@H]3[C@@H](O)[C@@H]21. The van der Waals surface area contributed by atoms with Gasteiger partial charge in [0.15, 0.2) is 34.7 Å². The van der Waals surface area contributed by atoms with E-state index in [0.29, 0.717) is 11.1 Å². The van der Waals surface area contributed by atoms with E-state index in [1.807, 2.05) is 12.1 Å². The highest BCUT2D eigenvalue weighted by molar-refractivity contribution is 6.32. The van der Waals surface area contributed by atoms with Gasteiger partial charge in [-0.25, -0.2) is 0 Å². The molecular weight excluding hydrogens is 532 g/mol. The lowest BCUT2D eigenvalue weighted by atomic mass is 9.49. The third kappa shape index (κ3) is 3.39. The summed E-state index contributed by atoms with van der Waals surface area (Å²) in [6, 6.07) is 10.6. The zero-order valence-electron chi connectivity index (χ0n) is 22.4. The molecule has 0 bridgehead atoms. The van der Waals surface area contributed by atoms with Gasteiger partial charge >= 0.3 is 0 Å². The molecule has 3 aliphatic carbocycles. The third-order valence-corrected chi connectivity index (χ3v) is 9.18. The summed E-state index contributed by atoms with van der Waals surface area (Å²) in [5, 5.41) is 35.5. The van der Waals surface area contributed by atoms with Crippen LogP contribution in [0.2, 0.25) is 0 Å². The van der Waals surface area contributed by atoms with Crippen molar-refractivity contribution in [3.63, 3.8) is 0 Å². The molecule has 1 heterocycles. The summed E-state index contributed by atoms with van der Waals surface area (Å²) in [4.78, 5) is 68.3. The maximum Gasteiger partial charge on any atom is 0.235 e.